The van der Waals surface area contributed by atoms with Crippen LogP contribution >= 0.6 is 0 Å². The van der Waals surface area contributed by atoms with E-state index < -0.39 is 35.5 Å². The van der Waals surface area contributed by atoms with Gasteiger partial charge in [-0.1, -0.05) is 12.1 Å². The van der Waals surface area contributed by atoms with E-state index in [1.807, 2.05) is 0 Å². The smallest absolute Gasteiger partial charge is 0.382 e. The number of rotatable bonds is 2. The minimum absolute atomic E-state index is 0.0556. The first kappa shape index (κ1) is 13.9. The van der Waals surface area contributed by atoms with Gasteiger partial charge in [0, 0.05) is 5.56 Å². The first-order chi connectivity index (χ1) is 7.66. The summed E-state index contributed by atoms with van der Waals surface area (Å²) in [5, 5.41) is 8.85. The van der Waals surface area contributed by atoms with Crippen molar-refractivity contribution in [3.05, 3.63) is 34.9 Å². The Hall–Kier alpha value is -1.21. The summed E-state index contributed by atoms with van der Waals surface area (Å²) in [6.45, 7) is 1.26. The summed E-state index contributed by atoms with van der Waals surface area (Å²) in [5.74, 6) is -2.74. The maximum Gasteiger partial charge on any atom is 0.416 e. The average Bonchev–Trinajstić information content (AvgIpc) is 2.23. The second-order valence-corrected chi connectivity index (χ2v) is 3.61. The minimum Gasteiger partial charge on any atom is -0.382 e. The van der Waals surface area contributed by atoms with E-state index in [-0.39, 0.29) is 5.56 Å². The molecule has 0 bridgehead atoms. The second-order valence-electron chi connectivity index (χ2n) is 3.61. The molecule has 1 aromatic rings. The molecule has 7 heteroatoms. The van der Waals surface area contributed by atoms with Crippen LogP contribution in [0.4, 0.5) is 22.0 Å². The largest absolute Gasteiger partial charge is 0.416 e. The van der Waals surface area contributed by atoms with Gasteiger partial charge in [-0.25, -0.2) is 8.78 Å². The fourth-order valence-corrected chi connectivity index (χ4v) is 1.29. The normalized spacial score (nSPS) is 15.8. The number of aliphatic hydroxyl groups is 1. The molecule has 0 aliphatic rings. The van der Waals surface area contributed by atoms with Crippen LogP contribution in [0.2, 0.25) is 0 Å². The molecule has 0 radical (unpaired) electrons. The van der Waals surface area contributed by atoms with Gasteiger partial charge >= 0.3 is 6.18 Å². The van der Waals surface area contributed by atoms with Gasteiger partial charge in [-0.3, -0.25) is 0 Å². The summed E-state index contributed by atoms with van der Waals surface area (Å²) in [7, 11) is 0. The van der Waals surface area contributed by atoms with Gasteiger partial charge in [0.25, 0.3) is 0 Å². The van der Waals surface area contributed by atoms with E-state index in [4.69, 9.17) is 10.8 Å². The van der Waals surface area contributed by atoms with Crippen LogP contribution in [0.15, 0.2) is 12.1 Å². The van der Waals surface area contributed by atoms with E-state index in [1.54, 1.807) is 0 Å². The van der Waals surface area contributed by atoms with Crippen LogP contribution in [-0.2, 0) is 0 Å². The summed E-state index contributed by atoms with van der Waals surface area (Å²) in [5.41, 5.74) is 4.30. The molecule has 0 spiro atoms. The third-order valence-corrected chi connectivity index (χ3v) is 2.34. The molecule has 0 unspecified atom stereocenters. The van der Waals surface area contributed by atoms with Crippen LogP contribution in [0.5, 0.6) is 0 Å². The van der Waals surface area contributed by atoms with Crippen molar-refractivity contribution in [2.45, 2.75) is 25.2 Å². The topological polar surface area (TPSA) is 46.2 Å². The van der Waals surface area contributed by atoms with Crippen molar-refractivity contribution in [1.82, 2.24) is 0 Å². The monoisotopic (exact) mass is 255 g/mol. The molecule has 96 valence electrons. The highest BCUT2D eigenvalue weighted by molar-refractivity contribution is 5.28. The van der Waals surface area contributed by atoms with Crippen LogP contribution in [0.25, 0.3) is 0 Å². The minimum atomic E-state index is -4.99. The van der Waals surface area contributed by atoms with Crippen molar-refractivity contribution in [2.75, 3.05) is 0 Å². The van der Waals surface area contributed by atoms with Gasteiger partial charge < -0.3 is 10.8 Å². The van der Waals surface area contributed by atoms with Gasteiger partial charge in [-0.05, 0) is 12.5 Å². The number of hydrogen-bond acceptors (Lipinski definition) is 2. The molecular formula is C10H10F5NO. The summed E-state index contributed by atoms with van der Waals surface area (Å²) in [4.78, 5) is 0. The lowest BCUT2D eigenvalue weighted by atomic mass is 9.99. The number of hydrogen-bond donors (Lipinski definition) is 2. The zero-order valence-corrected chi connectivity index (χ0v) is 8.72. The van der Waals surface area contributed by atoms with Crippen LogP contribution < -0.4 is 5.73 Å². The summed E-state index contributed by atoms with van der Waals surface area (Å²) in [6.07, 6.45) is -7.94. The van der Waals surface area contributed by atoms with Gasteiger partial charge in [0.15, 0.2) is 17.7 Å². The van der Waals surface area contributed by atoms with E-state index in [1.165, 1.54) is 6.92 Å². The van der Waals surface area contributed by atoms with E-state index in [0.717, 1.165) is 12.1 Å². The van der Waals surface area contributed by atoms with Crippen LogP contribution in [0.3, 0.4) is 0 Å². The molecule has 0 amide bonds. The molecule has 2 atom stereocenters. The Morgan fingerprint density at radius 3 is 2.18 bits per heavy atom. The summed E-state index contributed by atoms with van der Waals surface area (Å²) in [6, 6.07) is -0.0468. The van der Waals surface area contributed by atoms with Gasteiger partial charge in [0.2, 0.25) is 0 Å². The first-order valence-electron chi connectivity index (χ1n) is 4.61. The first-order valence-corrected chi connectivity index (χ1v) is 4.61. The van der Waals surface area contributed by atoms with Crippen LogP contribution in [0.1, 0.15) is 17.2 Å². The SMILES string of the molecule is Cc1ccc([C@@H](N)[C@@H](O)C(F)(F)F)c(F)c1F. The highest BCUT2D eigenvalue weighted by atomic mass is 19.4. The van der Waals surface area contributed by atoms with Crippen molar-refractivity contribution >= 4 is 0 Å². The molecule has 1 aromatic carbocycles. The maximum absolute atomic E-state index is 13.3. The van der Waals surface area contributed by atoms with Crippen molar-refractivity contribution in [3.63, 3.8) is 0 Å². The summed E-state index contributed by atoms with van der Waals surface area (Å²) < 4.78 is 62.9. The standard InChI is InChI=1S/C10H10F5NO/c1-4-2-3-5(7(12)6(4)11)8(16)9(17)10(13,14)15/h2-3,8-9,17H,16H2,1H3/t8-,9-/m1/s1. The fourth-order valence-electron chi connectivity index (χ4n) is 1.29. The number of benzene rings is 1. The Bertz CT molecular complexity index is 418. The molecule has 0 fully saturated rings. The molecule has 0 saturated carbocycles. The molecule has 2 nitrogen and oxygen atoms in total. The predicted octanol–water partition coefficient (Wildman–Crippen LogP) is 2.20. The Kier molecular flexibility index (Phi) is 3.73. The molecule has 0 aliphatic heterocycles. The number of halogens is 5. The Morgan fingerprint density at radius 2 is 1.71 bits per heavy atom. The average molecular weight is 255 g/mol. The van der Waals surface area contributed by atoms with E-state index in [9.17, 15) is 22.0 Å². The maximum atomic E-state index is 13.3. The third kappa shape index (κ3) is 2.73. The zero-order valence-electron chi connectivity index (χ0n) is 8.72. The molecule has 0 heterocycles. The lowest BCUT2D eigenvalue weighted by Crippen LogP contribution is -2.39. The van der Waals surface area contributed by atoms with Crippen LogP contribution in [-0.4, -0.2) is 17.4 Å². The molecule has 0 aromatic heterocycles. The molecule has 1 rings (SSSR count). The van der Waals surface area contributed by atoms with Gasteiger partial charge in [0.1, 0.15) is 0 Å². The van der Waals surface area contributed by atoms with Crippen molar-refractivity contribution in [2.24, 2.45) is 5.73 Å². The van der Waals surface area contributed by atoms with Crippen molar-refractivity contribution < 1.29 is 27.1 Å². The Balaban J connectivity index is 3.14. The third-order valence-electron chi connectivity index (χ3n) is 2.34. The van der Waals surface area contributed by atoms with Crippen LogP contribution in [0, 0.1) is 18.6 Å². The zero-order chi connectivity index (χ0) is 13.4. The Labute approximate surface area is 93.9 Å². The summed E-state index contributed by atoms with van der Waals surface area (Å²) >= 11 is 0. The second kappa shape index (κ2) is 4.58. The Morgan fingerprint density at radius 1 is 1.18 bits per heavy atom. The van der Waals surface area contributed by atoms with E-state index in [0.29, 0.717) is 0 Å². The molecule has 0 saturated heterocycles. The highest BCUT2D eigenvalue weighted by Crippen LogP contribution is 2.30. The number of alkyl halides is 3. The van der Waals surface area contributed by atoms with E-state index >= 15 is 0 Å². The molecule has 17 heavy (non-hydrogen) atoms. The van der Waals surface area contributed by atoms with Crippen molar-refractivity contribution in [1.29, 1.82) is 0 Å². The lowest BCUT2D eigenvalue weighted by Gasteiger charge is -2.22. The number of aryl methyl sites for hydroxylation is 1. The van der Waals surface area contributed by atoms with Gasteiger partial charge in [0.05, 0.1) is 6.04 Å². The fraction of sp³-hybridized carbons (Fsp3) is 0.400. The predicted molar refractivity (Wildman–Crippen MR) is 50.1 cm³/mol. The van der Waals surface area contributed by atoms with Gasteiger partial charge in [-0.2, -0.15) is 13.2 Å². The number of aliphatic hydroxyl groups excluding tert-OH is 1. The molecule has 3 N–H and O–H groups in total. The lowest BCUT2D eigenvalue weighted by molar-refractivity contribution is -0.210. The highest BCUT2D eigenvalue weighted by Gasteiger charge is 2.43. The van der Waals surface area contributed by atoms with Gasteiger partial charge in [-0.15, -0.1) is 0 Å². The van der Waals surface area contributed by atoms with Crippen molar-refractivity contribution in [3.8, 4) is 0 Å². The number of nitrogens with two attached hydrogens (primary N) is 1. The van der Waals surface area contributed by atoms with E-state index in [2.05, 4.69) is 0 Å². The molecular weight excluding hydrogens is 245 g/mol. The molecule has 0 aliphatic carbocycles. The quantitative estimate of drug-likeness (QED) is 0.796.